The Morgan fingerprint density at radius 3 is 1.29 bits per heavy atom. The third-order valence-electron chi connectivity index (χ3n) is 13.6. The molecule has 0 amide bonds. The number of hydrogen-bond acceptors (Lipinski definition) is 2. The molecule has 324 valence electrons. The Labute approximate surface area is 401 Å². The molecular formula is C66H44N2O. The van der Waals surface area contributed by atoms with Gasteiger partial charge in [-0.15, -0.1) is 0 Å². The maximum atomic E-state index is 6.33. The van der Waals surface area contributed by atoms with E-state index in [4.69, 9.17) is 4.42 Å². The highest BCUT2D eigenvalue weighted by molar-refractivity contribution is 6.09. The molecular weight excluding hydrogens is 837 g/mol. The van der Waals surface area contributed by atoms with E-state index in [-0.39, 0.29) is 0 Å². The van der Waals surface area contributed by atoms with Gasteiger partial charge in [0.05, 0.1) is 11.0 Å². The molecule has 2 heterocycles. The van der Waals surface area contributed by atoms with Crippen LogP contribution in [0.5, 0.6) is 0 Å². The van der Waals surface area contributed by atoms with Gasteiger partial charge in [0, 0.05) is 44.3 Å². The summed E-state index contributed by atoms with van der Waals surface area (Å²) >= 11 is 0. The van der Waals surface area contributed by atoms with Gasteiger partial charge in [-0.25, -0.2) is 0 Å². The van der Waals surface area contributed by atoms with Crippen LogP contribution in [0.4, 0.5) is 17.1 Å². The maximum Gasteiger partial charge on any atom is 0.136 e. The predicted octanol–water partition coefficient (Wildman–Crippen LogP) is 18.5. The van der Waals surface area contributed by atoms with E-state index in [0.717, 1.165) is 66.9 Å². The lowest BCUT2D eigenvalue weighted by Crippen LogP contribution is -2.10. The standard InChI is InChI=1S/C66H44N2O/c1-2-14-45(15-3-1)48-16-10-17-49(40-48)46-30-35-55(36-31-46)67(57-22-12-21-53(42-57)54-34-39-62-61-26-6-9-29-65(61)69-66(62)44-54)56-37-32-47(33-38-56)50-18-11-19-51(41-50)52-20-13-23-58(43-52)68-63-27-7-4-24-59(63)60-25-5-8-28-64(60)68/h1-44H. The Balaban J connectivity index is 0.856. The van der Waals surface area contributed by atoms with Crippen molar-refractivity contribution in [3.05, 3.63) is 267 Å². The van der Waals surface area contributed by atoms with Gasteiger partial charge < -0.3 is 13.9 Å². The molecule has 0 saturated carbocycles. The van der Waals surface area contributed by atoms with Crippen LogP contribution in [0.25, 0.3) is 105 Å². The SMILES string of the molecule is c1ccc(-c2cccc(-c3ccc(N(c4ccc(-c5cccc(-c6cccc(-n7c8ccccc8c8ccccc87)c6)c5)cc4)c4cccc(-c5ccc6c(c5)oc5ccccc56)c4)cc3)c2)cc1. The van der Waals surface area contributed by atoms with Crippen LogP contribution in [-0.4, -0.2) is 4.57 Å². The monoisotopic (exact) mass is 880 g/mol. The highest BCUT2D eigenvalue weighted by Gasteiger charge is 2.17. The summed E-state index contributed by atoms with van der Waals surface area (Å²) in [5.41, 5.74) is 20.2. The summed E-state index contributed by atoms with van der Waals surface area (Å²) in [6, 6.07) is 96.1. The minimum atomic E-state index is 0.887. The molecule has 0 aliphatic heterocycles. The highest BCUT2D eigenvalue weighted by atomic mass is 16.3. The topological polar surface area (TPSA) is 21.3 Å². The number of anilines is 3. The Kier molecular flexibility index (Phi) is 9.84. The number of rotatable bonds is 9. The van der Waals surface area contributed by atoms with Crippen LogP contribution < -0.4 is 4.90 Å². The van der Waals surface area contributed by atoms with Gasteiger partial charge in [-0.05, 0) is 147 Å². The first kappa shape index (κ1) is 40.1. The van der Waals surface area contributed by atoms with Crippen molar-refractivity contribution in [1.29, 1.82) is 0 Å². The van der Waals surface area contributed by atoms with Crippen LogP contribution in [0.3, 0.4) is 0 Å². The number of fused-ring (bicyclic) bond motifs is 6. The van der Waals surface area contributed by atoms with E-state index >= 15 is 0 Å². The van der Waals surface area contributed by atoms with Gasteiger partial charge in [-0.2, -0.15) is 0 Å². The van der Waals surface area contributed by atoms with Crippen LogP contribution in [-0.2, 0) is 0 Å². The van der Waals surface area contributed by atoms with Crippen molar-refractivity contribution >= 4 is 60.8 Å². The predicted molar refractivity (Wildman–Crippen MR) is 290 cm³/mol. The number of furan rings is 1. The maximum absolute atomic E-state index is 6.33. The van der Waals surface area contributed by atoms with E-state index in [9.17, 15) is 0 Å². The lowest BCUT2D eigenvalue weighted by atomic mass is 9.98. The van der Waals surface area contributed by atoms with Gasteiger partial charge in [0.1, 0.15) is 11.2 Å². The summed E-state index contributed by atoms with van der Waals surface area (Å²) in [7, 11) is 0. The van der Waals surface area contributed by atoms with Crippen molar-refractivity contribution < 1.29 is 4.42 Å². The van der Waals surface area contributed by atoms with Gasteiger partial charge in [0.2, 0.25) is 0 Å². The molecule has 69 heavy (non-hydrogen) atoms. The average Bonchev–Trinajstić information content (AvgIpc) is 3.97. The van der Waals surface area contributed by atoms with Crippen LogP contribution >= 0.6 is 0 Å². The Hall–Kier alpha value is -9.18. The second-order valence-corrected chi connectivity index (χ2v) is 17.7. The number of aromatic nitrogens is 1. The van der Waals surface area contributed by atoms with E-state index in [1.165, 1.54) is 55.2 Å². The van der Waals surface area contributed by atoms with Crippen LogP contribution in [0.15, 0.2) is 271 Å². The molecule has 3 nitrogen and oxygen atoms in total. The van der Waals surface area contributed by atoms with Crippen LogP contribution in [0, 0.1) is 0 Å². The molecule has 3 heteroatoms. The zero-order chi connectivity index (χ0) is 45.7. The summed E-state index contributed by atoms with van der Waals surface area (Å²) in [5.74, 6) is 0. The molecule has 0 saturated heterocycles. The van der Waals surface area contributed by atoms with Gasteiger partial charge in [0.25, 0.3) is 0 Å². The largest absolute Gasteiger partial charge is 0.456 e. The second-order valence-electron chi connectivity index (χ2n) is 17.7. The summed E-state index contributed by atoms with van der Waals surface area (Å²) in [6.45, 7) is 0. The molecule has 0 aliphatic carbocycles. The molecule has 0 aliphatic rings. The zero-order valence-electron chi connectivity index (χ0n) is 37.7. The number of para-hydroxylation sites is 3. The van der Waals surface area contributed by atoms with Gasteiger partial charge >= 0.3 is 0 Å². The van der Waals surface area contributed by atoms with Gasteiger partial charge in [-0.3, -0.25) is 0 Å². The van der Waals surface area contributed by atoms with Crippen molar-refractivity contribution in [1.82, 2.24) is 4.57 Å². The van der Waals surface area contributed by atoms with Gasteiger partial charge in [-0.1, -0.05) is 176 Å². The third-order valence-corrected chi connectivity index (χ3v) is 13.6. The molecule has 13 aromatic rings. The first-order valence-corrected chi connectivity index (χ1v) is 23.6. The fraction of sp³-hybridized carbons (Fsp3) is 0. The van der Waals surface area contributed by atoms with Crippen LogP contribution in [0.1, 0.15) is 0 Å². The van der Waals surface area contributed by atoms with E-state index in [2.05, 4.69) is 264 Å². The van der Waals surface area contributed by atoms with E-state index in [1.54, 1.807) is 0 Å². The quantitative estimate of drug-likeness (QED) is 0.144. The zero-order valence-corrected chi connectivity index (χ0v) is 37.7. The molecule has 0 fully saturated rings. The summed E-state index contributed by atoms with van der Waals surface area (Å²) in [4.78, 5) is 2.35. The molecule has 0 radical (unpaired) electrons. The van der Waals surface area contributed by atoms with Crippen molar-refractivity contribution in [3.63, 3.8) is 0 Å². The fourth-order valence-corrected chi connectivity index (χ4v) is 10.2. The van der Waals surface area contributed by atoms with E-state index in [1.807, 2.05) is 12.1 Å². The van der Waals surface area contributed by atoms with Crippen LogP contribution in [0.2, 0.25) is 0 Å². The first-order chi connectivity index (χ1) is 34.2. The normalized spacial score (nSPS) is 11.5. The summed E-state index contributed by atoms with van der Waals surface area (Å²) in [6.07, 6.45) is 0. The number of hydrogen-bond donors (Lipinski definition) is 0. The van der Waals surface area contributed by atoms with Crippen molar-refractivity contribution in [2.45, 2.75) is 0 Å². The average molecular weight is 881 g/mol. The molecule has 0 bridgehead atoms. The molecule has 0 spiro atoms. The Morgan fingerprint density at radius 1 is 0.246 bits per heavy atom. The highest BCUT2D eigenvalue weighted by Crippen LogP contribution is 2.41. The third kappa shape index (κ3) is 7.34. The van der Waals surface area contributed by atoms with Crippen molar-refractivity contribution in [2.75, 3.05) is 4.90 Å². The first-order valence-electron chi connectivity index (χ1n) is 23.6. The molecule has 13 rings (SSSR count). The van der Waals surface area contributed by atoms with Gasteiger partial charge in [0.15, 0.2) is 0 Å². The van der Waals surface area contributed by atoms with E-state index in [0.29, 0.717) is 0 Å². The molecule has 0 N–H and O–H groups in total. The number of benzene rings is 11. The second kappa shape index (κ2) is 16.9. The minimum absolute atomic E-state index is 0.887. The molecule has 2 aromatic heterocycles. The summed E-state index contributed by atoms with van der Waals surface area (Å²) in [5, 5.41) is 4.78. The minimum Gasteiger partial charge on any atom is -0.456 e. The molecule has 0 unspecified atom stereocenters. The van der Waals surface area contributed by atoms with Crippen molar-refractivity contribution in [2.24, 2.45) is 0 Å². The smallest absolute Gasteiger partial charge is 0.136 e. The Bertz CT molecular complexity index is 3960. The van der Waals surface area contributed by atoms with E-state index < -0.39 is 0 Å². The lowest BCUT2D eigenvalue weighted by molar-refractivity contribution is 0.669. The molecule has 0 atom stereocenters. The number of nitrogens with zero attached hydrogens (tertiary/aromatic N) is 2. The van der Waals surface area contributed by atoms with Crippen molar-refractivity contribution in [3.8, 4) is 61.3 Å². The fourth-order valence-electron chi connectivity index (χ4n) is 10.2. The molecule has 11 aromatic carbocycles. The lowest BCUT2D eigenvalue weighted by Gasteiger charge is -2.26. The Morgan fingerprint density at radius 2 is 0.667 bits per heavy atom. The summed E-state index contributed by atoms with van der Waals surface area (Å²) < 4.78 is 8.71.